The van der Waals surface area contributed by atoms with Crippen LogP contribution in [0.15, 0.2) is 24.3 Å². The van der Waals surface area contributed by atoms with Gasteiger partial charge in [0.2, 0.25) is 5.91 Å². The number of hydrogen-bond acceptors (Lipinski definition) is 3. The summed E-state index contributed by atoms with van der Waals surface area (Å²) in [7, 11) is 1.74. The van der Waals surface area contributed by atoms with E-state index in [-0.39, 0.29) is 11.9 Å². The summed E-state index contributed by atoms with van der Waals surface area (Å²) in [5.41, 5.74) is 2.03. The fourth-order valence-corrected chi connectivity index (χ4v) is 3.35. The van der Waals surface area contributed by atoms with Crippen molar-refractivity contribution in [3.8, 4) is 0 Å². The molecule has 0 radical (unpaired) electrons. The highest BCUT2D eigenvalue weighted by Gasteiger charge is 2.27. The Kier molecular flexibility index (Phi) is 5.44. The highest BCUT2D eigenvalue weighted by atomic mass is 16.2. The molecule has 1 aromatic carbocycles. The molecule has 1 aliphatic rings. The fraction of sp³-hybridized carbons (Fsp3) is 0.526. The number of aromatic nitrogens is 2. The zero-order chi connectivity index (χ0) is 18.7. The average Bonchev–Trinajstić information content (AvgIpc) is 3.11. The summed E-state index contributed by atoms with van der Waals surface area (Å²) in [5.74, 6) is 1.26. The summed E-state index contributed by atoms with van der Waals surface area (Å²) in [4.78, 5) is 36.0. The summed E-state index contributed by atoms with van der Waals surface area (Å²) in [6, 6.07) is 7.33. The van der Waals surface area contributed by atoms with Gasteiger partial charge in [-0.1, -0.05) is 12.1 Å². The predicted molar refractivity (Wildman–Crippen MR) is 101 cm³/mol. The molecule has 0 bridgehead atoms. The first kappa shape index (κ1) is 18.2. The number of benzene rings is 1. The fourth-order valence-electron chi connectivity index (χ4n) is 3.35. The zero-order valence-corrected chi connectivity index (χ0v) is 15.7. The van der Waals surface area contributed by atoms with E-state index in [0.717, 1.165) is 29.7 Å². The number of carbonyl (C=O) groups is 2. The number of fused-ring (bicyclic) bond motifs is 1. The molecular weight excluding hydrogens is 330 g/mol. The van der Waals surface area contributed by atoms with Gasteiger partial charge >= 0.3 is 6.03 Å². The van der Waals surface area contributed by atoms with Gasteiger partial charge in [0.1, 0.15) is 11.9 Å². The van der Waals surface area contributed by atoms with Gasteiger partial charge in [0.15, 0.2) is 0 Å². The summed E-state index contributed by atoms with van der Waals surface area (Å²) in [5, 5.41) is 2.81. The summed E-state index contributed by atoms with van der Waals surface area (Å²) in [6.45, 7) is 5.60. The third-order valence-corrected chi connectivity index (χ3v) is 5.14. The van der Waals surface area contributed by atoms with Gasteiger partial charge in [-0.25, -0.2) is 9.78 Å². The minimum atomic E-state index is -0.513. The van der Waals surface area contributed by atoms with Crippen molar-refractivity contribution >= 4 is 23.0 Å². The molecule has 1 fully saturated rings. The Bertz CT molecular complexity index is 746. The molecule has 1 saturated heterocycles. The molecule has 1 aliphatic heterocycles. The van der Waals surface area contributed by atoms with Gasteiger partial charge < -0.3 is 20.1 Å². The lowest BCUT2D eigenvalue weighted by molar-refractivity contribution is -0.131. The monoisotopic (exact) mass is 357 g/mol. The highest BCUT2D eigenvalue weighted by Crippen LogP contribution is 2.27. The highest BCUT2D eigenvalue weighted by molar-refractivity contribution is 5.86. The van der Waals surface area contributed by atoms with Crippen LogP contribution < -0.4 is 5.32 Å². The van der Waals surface area contributed by atoms with Gasteiger partial charge in [-0.05, 0) is 38.8 Å². The van der Waals surface area contributed by atoms with Gasteiger partial charge in [-0.3, -0.25) is 4.79 Å². The second-order valence-electron chi connectivity index (χ2n) is 6.92. The number of likely N-dealkylation sites (tertiary alicyclic amines) is 1. The number of likely N-dealkylation sites (N-methyl/N-ethyl adjacent to an activating group) is 1. The number of hydrogen-bond donors (Lipinski definition) is 2. The molecule has 2 aromatic rings. The van der Waals surface area contributed by atoms with Gasteiger partial charge in [0.05, 0.1) is 11.0 Å². The number of aromatic amines is 1. The zero-order valence-electron chi connectivity index (χ0n) is 15.7. The second-order valence-corrected chi connectivity index (χ2v) is 6.92. The third-order valence-electron chi connectivity index (χ3n) is 5.14. The van der Waals surface area contributed by atoms with Gasteiger partial charge in [0, 0.05) is 32.6 Å². The smallest absolute Gasteiger partial charge is 0.318 e. The normalized spacial score (nSPS) is 16.5. The third kappa shape index (κ3) is 3.81. The molecule has 140 valence electrons. The van der Waals surface area contributed by atoms with E-state index in [4.69, 9.17) is 0 Å². The Morgan fingerprint density at radius 1 is 1.35 bits per heavy atom. The maximum Gasteiger partial charge on any atom is 0.318 e. The van der Waals surface area contributed by atoms with E-state index in [9.17, 15) is 9.59 Å². The van der Waals surface area contributed by atoms with Crippen molar-refractivity contribution in [2.24, 2.45) is 0 Å². The molecule has 0 aliphatic carbocycles. The molecule has 3 rings (SSSR count). The van der Waals surface area contributed by atoms with E-state index in [0.29, 0.717) is 25.6 Å². The van der Waals surface area contributed by atoms with Crippen molar-refractivity contribution in [2.75, 3.05) is 26.7 Å². The van der Waals surface area contributed by atoms with Crippen molar-refractivity contribution in [1.29, 1.82) is 0 Å². The minimum absolute atomic E-state index is 0.0713. The second kappa shape index (κ2) is 7.76. The Morgan fingerprint density at radius 3 is 2.69 bits per heavy atom. The molecule has 7 heteroatoms. The maximum absolute atomic E-state index is 12.4. The van der Waals surface area contributed by atoms with Gasteiger partial charge in [-0.2, -0.15) is 0 Å². The van der Waals surface area contributed by atoms with Crippen LogP contribution in [0, 0.1) is 0 Å². The van der Waals surface area contributed by atoms with Gasteiger partial charge in [0.25, 0.3) is 0 Å². The molecule has 1 atom stereocenters. The van der Waals surface area contributed by atoms with Crippen molar-refractivity contribution in [3.63, 3.8) is 0 Å². The number of para-hydroxylation sites is 2. The van der Waals surface area contributed by atoms with Crippen LogP contribution >= 0.6 is 0 Å². The van der Waals surface area contributed by atoms with E-state index < -0.39 is 6.04 Å². The standard InChI is InChI=1S/C19H27N5O2/c1-4-23(3)18(25)13(2)20-19(26)24-11-9-14(10-12-24)17-21-15-7-5-6-8-16(15)22-17/h5-8,13-14H,4,9-12H2,1-3H3,(H,20,26)(H,21,22)/t13-/m1/s1. The van der Waals surface area contributed by atoms with Crippen LogP contribution in [-0.2, 0) is 4.79 Å². The summed E-state index contributed by atoms with van der Waals surface area (Å²) in [6.07, 6.45) is 1.73. The van der Waals surface area contributed by atoms with E-state index in [2.05, 4.69) is 15.3 Å². The van der Waals surface area contributed by atoms with Gasteiger partial charge in [-0.15, -0.1) is 0 Å². The van der Waals surface area contributed by atoms with E-state index in [1.165, 1.54) is 0 Å². The average molecular weight is 357 g/mol. The van der Waals surface area contributed by atoms with Crippen LogP contribution in [0.2, 0.25) is 0 Å². The van der Waals surface area contributed by atoms with Crippen LogP contribution in [0.1, 0.15) is 38.4 Å². The number of urea groups is 1. The quantitative estimate of drug-likeness (QED) is 0.881. The number of nitrogens with one attached hydrogen (secondary N) is 2. The molecular formula is C19H27N5O2. The van der Waals surface area contributed by atoms with Crippen molar-refractivity contribution in [1.82, 2.24) is 25.1 Å². The van der Waals surface area contributed by atoms with Crippen molar-refractivity contribution in [3.05, 3.63) is 30.1 Å². The number of carbonyl (C=O) groups excluding carboxylic acids is 2. The Hall–Kier alpha value is -2.57. The SMILES string of the molecule is CCN(C)C(=O)[C@@H](C)NC(=O)N1CCC(c2nc3ccccc3[nH]2)CC1. The Morgan fingerprint density at radius 2 is 2.04 bits per heavy atom. The summed E-state index contributed by atoms with van der Waals surface area (Å²) < 4.78 is 0. The number of amides is 3. The molecule has 2 heterocycles. The Labute approximate surface area is 153 Å². The summed E-state index contributed by atoms with van der Waals surface area (Å²) >= 11 is 0. The molecule has 0 saturated carbocycles. The molecule has 3 amide bonds. The first-order chi connectivity index (χ1) is 12.5. The van der Waals surface area contributed by atoms with Crippen LogP contribution in [-0.4, -0.2) is 64.4 Å². The lowest BCUT2D eigenvalue weighted by Crippen LogP contribution is -2.51. The van der Waals surface area contributed by atoms with Crippen LogP contribution in [0.5, 0.6) is 0 Å². The lowest BCUT2D eigenvalue weighted by atomic mass is 9.96. The lowest BCUT2D eigenvalue weighted by Gasteiger charge is -2.32. The van der Waals surface area contributed by atoms with E-state index >= 15 is 0 Å². The molecule has 26 heavy (non-hydrogen) atoms. The molecule has 0 spiro atoms. The molecule has 7 nitrogen and oxygen atoms in total. The minimum Gasteiger partial charge on any atom is -0.344 e. The van der Waals surface area contributed by atoms with Crippen LogP contribution in [0.3, 0.4) is 0 Å². The van der Waals surface area contributed by atoms with E-state index in [1.807, 2.05) is 31.2 Å². The maximum atomic E-state index is 12.4. The number of H-pyrrole nitrogens is 1. The van der Waals surface area contributed by atoms with E-state index in [1.54, 1.807) is 23.8 Å². The number of rotatable bonds is 4. The topological polar surface area (TPSA) is 81.3 Å². The molecule has 1 aromatic heterocycles. The molecule has 2 N–H and O–H groups in total. The van der Waals surface area contributed by atoms with Crippen molar-refractivity contribution in [2.45, 2.75) is 38.6 Å². The van der Waals surface area contributed by atoms with Crippen LogP contribution in [0.4, 0.5) is 4.79 Å². The Balaban J connectivity index is 1.54. The number of piperidine rings is 1. The molecule has 0 unspecified atom stereocenters. The first-order valence-corrected chi connectivity index (χ1v) is 9.24. The predicted octanol–water partition coefficient (Wildman–Crippen LogP) is 2.32. The first-order valence-electron chi connectivity index (χ1n) is 9.24. The van der Waals surface area contributed by atoms with Crippen molar-refractivity contribution < 1.29 is 9.59 Å². The van der Waals surface area contributed by atoms with Crippen LogP contribution in [0.25, 0.3) is 11.0 Å². The number of nitrogens with zero attached hydrogens (tertiary/aromatic N) is 3. The number of imidazole rings is 1. The largest absolute Gasteiger partial charge is 0.344 e.